The Hall–Kier alpha value is -1.32. The van der Waals surface area contributed by atoms with Crippen LogP contribution in [-0.2, 0) is 9.59 Å². The highest BCUT2D eigenvalue weighted by atomic mass is 16.3. The minimum atomic E-state index is -0.833. The molecule has 1 rings (SSSR count). The molecule has 1 aliphatic rings. The molecule has 0 spiro atoms. The summed E-state index contributed by atoms with van der Waals surface area (Å²) in [6.45, 7) is 0. The summed E-state index contributed by atoms with van der Waals surface area (Å²) in [6.07, 6.45) is 0.446. The molecule has 1 amide bonds. The lowest BCUT2D eigenvalue weighted by Gasteiger charge is -1.91. The van der Waals surface area contributed by atoms with Crippen molar-refractivity contribution in [2.24, 2.45) is 5.73 Å². The predicted molar refractivity (Wildman–Crippen MR) is 33.1 cm³/mol. The van der Waals surface area contributed by atoms with E-state index in [0.29, 0.717) is 0 Å². The quantitative estimate of drug-likeness (QED) is 0.489. The fourth-order valence-electron chi connectivity index (χ4n) is 0.922. The van der Waals surface area contributed by atoms with E-state index in [-0.39, 0.29) is 30.0 Å². The Labute approximate surface area is 57.3 Å². The van der Waals surface area contributed by atoms with Crippen molar-refractivity contribution in [1.82, 2.24) is 0 Å². The zero-order valence-electron chi connectivity index (χ0n) is 5.26. The number of nitrogens with two attached hydrogens (primary N) is 1. The highest BCUT2D eigenvalue weighted by molar-refractivity contribution is 6.20. The summed E-state index contributed by atoms with van der Waals surface area (Å²) in [4.78, 5) is 21.1. The van der Waals surface area contributed by atoms with E-state index in [1.807, 2.05) is 0 Å². The van der Waals surface area contributed by atoms with Crippen LogP contribution < -0.4 is 5.73 Å². The number of amides is 1. The highest BCUT2D eigenvalue weighted by Gasteiger charge is 2.26. The average Bonchev–Trinajstić information content (AvgIpc) is 2.11. The number of carbonyl (C=O) groups is 2. The van der Waals surface area contributed by atoms with Crippen LogP contribution in [0.3, 0.4) is 0 Å². The fraction of sp³-hybridized carbons (Fsp3) is 0.333. The number of aliphatic hydroxyl groups is 1. The lowest BCUT2D eigenvalue weighted by Crippen LogP contribution is -2.18. The van der Waals surface area contributed by atoms with Gasteiger partial charge in [0.15, 0.2) is 5.78 Å². The van der Waals surface area contributed by atoms with E-state index < -0.39 is 5.91 Å². The van der Waals surface area contributed by atoms with E-state index in [2.05, 4.69) is 0 Å². The van der Waals surface area contributed by atoms with Crippen molar-refractivity contribution in [2.45, 2.75) is 12.8 Å². The van der Waals surface area contributed by atoms with Gasteiger partial charge in [-0.1, -0.05) is 0 Å². The van der Waals surface area contributed by atoms with Crippen molar-refractivity contribution in [3.8, 4) is 0 Å². The second-order valence-corrected chi connectivity index (χ2v) is 2.11. The van der Waals surface area contributed by atoms with Crippen LogP contribution in [0.15, 0.2) is 11.3 Å². The molecule has 10 heavy (non-hydrogen) atoms. The number of primary amides is 1. The third-order valence-corrected chi connectivity index (χ3v) is 1.40. The van der Waals surface area contributed by atoms with Crippen molar-refractivity contribution >= 4 is 11.7 Å². The molecule has 3 N–H and O–H groups in total. The largest absolute Gasteiger partial charge is 0.511 e. The van der Waals surface area contributed by atoms with Crippen LogP contribution in [0.1, 0.15) is 12.8 Å². The third-order valence-electron chi connectivity index (χ3n) is 1.40. The number of carbonyl (C=O) groups excluding carboxylic acids is 2. The summed E-state index contributed by atoms with van der Waals surface area (Å²) in [5.74, 6) is -1.36. The molecular weight excluding hydrogens is 134 g/mol. The topological polar surface area (TPSA) is 80.4 Å². The van der Waals surface area contributed by atoms with Gasteiger partial charge in [0.05, 0.1) is 0 Å². The molecule has 4 nitrogen and oxygen atoms in total. The first-order valence-electron chi connectivity index (χ1n) is 2.88. The first-order valence-corrected chi connectivity index (χ1v) is 2.88. The van der Waals surface area contributed by atoms with Crippen molar-refractivity contribution in [2.75, 3.05) is 0 Å². The molecule has 54 valence electrons. The fourth-order valence-corrected chi connectivity index (χ4v) is 0.922. The first kappa shape index (κ1) is 6.80. The Balaban J connectivity index is 2.99. The molecule has 0 aliphatic heterocycles. The molecule has 0 radical (unpaired) electrons. The number of aliphatic hydroxyl groups excluding tert-OH is 1. The number of rotatable bonds is 1. The Kier molecular flexibility index (Phi) is 1.45. The number of ketones is 1. The van der Waals surface area contributed by atoms with Crippen LogP contribution in [0.4, 0.5) is 0 Å². The molecule has 0 saturated carbocycles. The SMILES string of the molecule is NC(=O)C1=C(O)CCC1=O. The number of Topliss-reactive ketones (excluding diaryl/α,β-unsaturated/α-hetero) is 1. The minimum Gasteiger partial charge on any atom is -0.511 e. The van der Waals surface area contributed by atoms with Crippen molar-refractivity contribution in [3.63, 3.8) is 0 Å². The van der Waals surface area contributed by atoms with Crippen molar-refractivity contribution in [1.29, 1.82) is 0 Å². The Morgan fingerprint density at radius 1 is 1.50 bits per heavy atom. The molecule has 0 saturated heterocycles. The van der Waals surface area contributed by atoms with Gasteiger partial charge in [0.1, 0.15) is 11.3 Å². The molecule has 0 unspecified atom stereocenters. The second-order valence-electron chi connectivity index (χ2n) is 2.11. The van der Waals surface area contributed by atoms with Crippen LogP contribution >= 0.6 is 0 Å². The van der Waals surface area contributed by atoms with E-state index in [9.17, 15) is 9.59 Å². The van der Waals surface area contributed by atoms with Crippen molar-refractivity contribution in [3.05, 3.63) is 11.3 Å². The molecule has 0 atom stereocenters. The van der Waals surface area contributed by atoms with E-state index in [1.165, 1.54) is 0 Å². The third kappa shape index (κ3) is 0.877. The van der Waals surface area contributed by atoms with Gasteiger partial charge >= 0.3 is 0 Å². The summed E-state index contributed by atoms with van der Waals surface area (Å²) in [6, 6.07) is 0. The van der Waals surface area contributed by atoms with Gasteiger partial charge in [-0.25, -0.2) is 0 Å². The molecule has 0 heterocycles. The normalized spacial score (nSPS) is 18.2. The van der Waals surface area contributed by atoms with Gasteiger partial charge in [-0.15, -0.1) is 0 Å². The van der Waals surface area contributed by atoms with Crippen molar-refractivity contribution < 1.29 is 14.7 Å². The van der Waals surface area contributed by atoms with E-state index in [0.717, 1.165) is 0 Å². The van der Waals surface area contributed by atoms with Gasteiger partial charge in [0, 0.05) is 12.8 Å². The predicted octanol–water partition coefficient (Wildman–Crippen LogP) is -0.353. The molecule has 0 aromatic carbocycles. The Bertz CT molecular complexity index is 229. The molecule has 0 aromatic heterocycles. The highest BCUT2D eigenvalue weighted by Crippen LogP contribution is 2.19. The van der Waals surface area contributed by atoms with Crippen LogP contribution in [-0.4, -0.2) is 16.8 Å². The maximum atomic E-state index is 10.7. The summed E-state index contributed by atoms with van der Waals surface area (Å²) in [7, 11) is 0. The van der Waals surface area contributed by atoms with E-state index >= 15 is 0 Å². The lowest BCUT2D eigenvalue weighted by atomic mass is 10.2. The first-order chi connectivity index (χ1) is 4.63. The standard InChI is InChI=1S/C6H7NO3/c7-6(10)5-3(8)1-2-4(5)9/h8H,1-2H2,(H2,7,10). The molecule has 1 aliphatic carbocycles. The lowest BCUT2D eigenvalue weighted by molar-refractivity contribution is -0.120. The van der Waals surface area contributed by atoms with Gasteiger partial charge in [-0.05, 0) is 0 Å². The molecule has 4 heteroatoms. The maximum absolute atomic E-state index is 10.7. The van der Waals surface area contributed by atoms with Gasteiger partial charge in [-0.3, -0.25) is 9.59 Å². The van der Waals surface area contributed by atoms with Gasteiger partial charge < -0.3 is 10.8 Å². The summed E-state index contributed by atoms with van der Waals surface area (Å²) in [5.41, 5.74) is 4.58. The van der Waals surface area contributed by atoms with Crippen LogP contribution in [0, 0.1) is 0 Å². The summed E-state index contributed by atoms with van der Waals surface area (Å²) >= 11 is 0. The zero-order chi connectivity index (χ0) is 7.72. The maximum Gasteiger partial charge on any atom is 0.255 e. The molecule has 0 fully saturated rings. The molecule has 0 bridgehead atoms. The smallest absolute Gasteiger partial charge is 0.255 e. The summed E-state index contributed by atoms with van der Waals surface area (Å²) < 4.78 is 0. The van der Waals surface area contributed by atoms with Crippen LogP contribution in [0.2, 0.25) is 0 Å². The van der Waals surface area contributed by atoms with Gasteiger partial charge in [0.2, 0.25) is 0 Å². The Morgan fingerprint density at radius 2 is 2.10 bits per heavy atom. The van der Waals surface area contributed by atoms with Crippen LogP contribution in [0.5, 0.6) is 0 Å². The monoisotopic (exact) mass is 141 g/mol. The molecule has 0 aromatic rings. The number of hydrogen-bond acceptors (Lipinski definition) is 3. The number of hydrogen-bond donors (Lipinski definition) is 2. The average molecular weight is 141 g/mol. The van der Waals surface area contributed by atoms with Gasteiger partial charge in [0.25, 0.3) is 5.91 Å². The Morgan fingerprint density at radius 3 is 2.30 bits per heavy atom. The van der Waals surface area contributed by atoms with Gasteiger partial charge in [-0.2, -0.15) is 0 Å². The zero-order valence-corrected chi connectivity index (χ0v) is 5.26. The summed E-state index contributed by atoms with van der Waals surface area (Å²) in [5, 5.41) is 8.89. The second kappa shape index (κ2) is 2.13. The van der Waals surface area contributed by atoms with E-state index in [4.69, 9.17) is 10.8 Å². The number of allylic oxidation sites excluding steroid dienone is 1. The van der Waals surface area contributed by atoms with E-state index in [1.54, 1.807) is 0 Å². The molecular formula is C6H7NO3. The van der Waals surface area contributed by atoms with Crippen LogP contribution in [0.25, 0.3) is 0 Å². The minimum absolute atomic E-state index is 0.169.